The Bertz CT molecular complexity index is 526. The molecular weight excluding hydrogens is 300 g/mol. The van der Waals surface area contributed by atoms with E-state index in [-0.39, 0.29) is 6.01 Å². The van der Waals surface area contributed by atoms with Gasteiger partial charge in [0, 0.05) is 0 Å². The maximum Gasteiger partial charge on any atom is 0.328 e. The normalized spacial score (nSPS) is 9.94. The van der Waals surface area contributed by atoms with Crippen molar-refractivity contribution in [1.29, 1.82) is 0 Å². The largest absolute Gasteiger partial charge is 0.481 e. The molecular formula is C12H11BrN2O3. The zero-order valence-electron chi connectivity index (χ0n) is 9.88. The van der Waals surface area contributed by atoms with Crippen LogP contribution >= 0.6 is 15.9 Å². The molecule has 5 nitrogen and oxygen atoms in total. The summed E-state index contributed by atoms with van der Waals surface area (Å²) in [5.41, 5.74) is 0. The van der Waals surface area contributed by atoms with Gasteiger partial charge in [0.1, 0.15) is 5.75 Å². The van der Waals surface area contributed by atoms with Crippen LogP contribution in [0, 0.1) is 0 Å². The van der Waals surface area contributed by atoms with Crippen molar-refractivity contribution in [2.24, 2.45) is 0 Å². The molecule has 6 heteroatoms. The number of para-hydroxylation sites is 1. The van der Waals surface area contributed by atoms with Crippen molar-refractivity contribution < 1.29 is 14.2 Å². The Balaban J connectivity index is 2.31. The number of halogens is 1. The van der Waals surface area contributed by atoms with Crippen LogP contribution in [0.15, 0.2) is 34.8 Å². The Morgan fingerprint density at radius 3 is 2.17 bits per heavy atom. The lowest BCUT2D eigenvalue weighted by atomic mass is 10.3. The summed E-state index contributed by atoms with van der Waals surface area (Å²) in [5, 5.41) is 0. The van der Waals surface area contributed by atoms with Gasteiger partial charge in [0.05, 0.1) is 24.8 Å². The highest BCUT2D eigenvalue weighted by atomic mass is 79.9. The van der Waals surface area contributed by atoms with Gasteiger partial charge in [-0.05, 0) is 28.1 Å². The van der Waals surface area contributed by atoms with Crippen LogP contribution in [0.3, 0.4) is 0 Å². The van der Waals surface area contributed by atoms with Crippen molar-refractivity contribution in [2.75, 3.05) is 14.2 Å². The number of hydrogen-bond acceptors (Lipinski definition) is 5. The topological polar surface area (TPSA) is 53.5 Å². The number of benzene rings is 1. The minimum Gasteiger partial charge on any atom is -0.481 e. The highest BCUT2D eigenvalue weighted by Crippen LogP contribution is 2.29. The van der Waals surface area contributed by atoms with E-state index in [1.54, 1.807) is 12.1 Å². The SMILES string of the molecule is COc1cc(OC)nc(Oc2ccccc2Br)n1. The van der Waals surface area contributed by atoms with Gasteiger partial charge in [-0.25, -0.2) is 0 Å². The Kier molecular flexibility index (Phi) is 3.99. The molecule has 0 spiro atoms. The van der Waals surface area contributed by atoms with Crippen LogP contribution < -0.4 is 14.2 Å². The molecule has 18 heavy (non-hydrogen) atoms. The molecule has 0 atom stereocenters. The number of aromatic nitrogens is 2. The van der Waals surface area contributed by atoms with Crippen LogP contribution in [0.25, 0.3) is 0 Å². The van der Waals surface area contributed by atoms with Gasteiger partial charge in [-0.3, -0.25) is 0 Å². The highest BCUT2D eigenvalue weighted by Gasteiger charge is 2.09. The monoisotopic (exact) mass is 310 g/mol. The van der Waals surface area contributed by atoms with Crippen LogP contribution in [0.2, 0.25) is 0 Å². The molecule has 0 unspecified atom stereocenters. The number of rotatable bonds is 4. The summed E-state index contributed by atoms with van der Waals surface area (Å²) in [6, 6.07) is 9.17. The molecule has 0 aliphatic heterocycles. The van der Waals surface area contributed by atoms with Gasteiger partial charge in [-0.1, -0.05) is 12.1 Å². The third-order valence-corrected chi connectivity index (χ3v) is 2.77. The zero-order chi connectivity index (χ0) is 13.0. The Hall–Kier alpha value is -1.82. The van der Waals surface area contributed by atoms with E-state index in [0.717, 1.165) is 4.47 Å². The molecule has 0 saturated heterocycles. The van der Waals surface area contributed by atoms with Crippen LogP contribution in [0.5, 0.6) is 23.5 Å². The minimum atomic E-state index is 0.165. The average Bonchev–Trinajstić information content (AvgIpc) is 2.41. The van der Waals surface area contributed by atoms with Crippen molar-refractivity contribution in [2.45, 2.75) is 0 Å². The summed E-state index contributed by atoms with van der Waals surface area (Å²) >= 11 is 3.38. The van der Waals surface area contributed by atoms with Gasteiger partial charge in [-0.2, -0.15) is 9.97 Å². The van der Waals surface area contributed by atoms with Gasteiger partial charge in [0.15, 0.2) is 0 Å². The molecule has 0 aliphatic rings. The van der Waals surface area contributed by atoms with E-state index < -0.39 is 0 Å². The third kappa shape index (κ3) is 2.89. The molecule has 2 aromatic rings. The first-order valence-corrected chi connectivity index (χ1v) is 5.91. The second kappa shape index (κ2) is 5.68. The van der Waals surface area contributed by atoms with Crippen LogP contribution in [-0.4, -0.2) is 24.2 Å². The minimum absolute atomic E-state index is 0.165. The lowest BCUT2D eigenvalue weighted by Crippen LogP contribution is -1.98. The molecule has 0 saturated carbocycles. The van der Waals surface area contributed by atoms with E-state index in [1.165, 1.54) is 14.2 Å². The Labute approximate surface area is 113 Å². The lowest BCUT2D eigenvalue weighted by molar-refractivity contribution is 0.347. The Morgan fingerprint density at radius 2 is 1.61 bits per heavy atom. The van der Waals surface area contributed by atoms with Gasteiger partial charge >= 0.3 is 6.01 Å². The molecule has 1 heterocycles. The predicted octanol–water partition coefficient (Wildman–Crippen LogP) is 3.05. The van der Waals surface area contributed by atoms with Gasteiger partial charge < -0.3 is 14.2 Å². The number of hydrogen-bond donors (Lipinski definition) is 0. The molecule has 94 valence electrons. The summed E-state index contributed by atoms with van der Waals surface area (Å²) in [5.74, 6) is 1.38. The fourth-order valence-electron chi connectivity index (χ4n) is 1.26. The quantitative estimate of drug-likeness (QED) is 0.868. The van der Waals surface area contributed by atoms with E-state index in [4.69, 9.17) is 14.2 Å². The molecule has 0 aliphatic carbocycles. The fourth-order valence-corrected chi connectivity index (χ4v) is 1.63. The zero-order valence-corrected chi connectivity index (χ0v) is 11.5. The molecule has 2 rings (SSSR count). The van der Waals surface area contributed by atoms with E-state index in [9.17, 15) is 0 Å². The molecule has 1 aromatic carbocycles. The number of methoxy groups -OCH3 is 2. The molecule has 0 radical (unpaired) electrons. The van der Waals surface area contributed by atoms with Crippen molar-refractivity contribution in [3.63, 3.8) is 0 Å². The van der Waals surface area contributed by atoms with Crippen LogP contribution in [-0.2, 0) is 0 Å². The molecule has 0 fully saturated rings. The standard InChI is InChI=1S/C12H11BrN2O3/c1-16-10-7-11(17-2)15-12(14-10)18-9-6-4-3-5-8(9)13/h3-7H,1-2H3. The summed E-state index contributed by atoms with van der Waals surface area (Å²) in [7, 11) is 3.04. The molecule has 0 bridgehead atoms. The second-order valence-electron chi connectivity index (χ2n) is 3.27. The van der Waals surface area contributed by atoms with Gasteiger partial charge in [0.25, 0.3) is 0 Å². The van der Waals surface area contributed by atoms with E-state index in [0.29, 0.717) is 17.5 Å². The summed E-state index contributed by atoms with van der Waals surface area (Å²) in [4.78, 5) is 8.16. The third-order valence-electron chi connectivity index (χ3n) is 2.11. The lowest BCUT2D eigenvalue weighted by Gasteiger charge is -2.08. The van der Waals surface area contributed by atoms with Crippen molar-refractivity contribution in [3.8, 4) is 23.5 Å². The smallest absolute Gasteiger partial charge is 0.328 e. The highest BCUT2D eigenvalue weighted by molar-refractivity contribution is 9.10. The number of nitrogens with zero attached hydrogens (tertiary/aromatic N) is 2. The number of ether oxygens (including phenoxy) is 3. The van der Waals surface area contributed by atoms with Crippen molar-refractivity contribution >= 4 is 15.9 Å². The van der Waals surface area contributed by atoms with Gasteiger partial charge in [0.2, 0.25) is 11.8 Å². The maximum atomic E-state index is 5.57. The van der Waals surface area contributed by atoms with Crippen molar-refractivity contribution in [3.05, 3.63) is 34.8 Å². The van der Waals surface area contributed by atoms with Crippen molar-refractivity contribution in [1.82, 2.24) is 9.97 Å². The maximum absolute atomic E-state index is 5.57. The van der Waals surface area contributed by atoms with E-state index in [2.05, 4.69) is 25.9 Å². The summed E-state index contributed by atoms with van der Waals surface area (Å²) in [6.07, 6.45) is 0. The average molecular weight is 311 g/mol. The van der Waals surface area contributed by atoms with Gasteiger partial charge in [-0.15, -0.1) is 0 Å². The first kappa shape index (κ1) is 12.6. The predicted molar refractivity (Wildman–Crippen MR) is 69.4 cm³/mol. The summed E-state index contributed by atoms with van der Waals surface area (Å²) < 4.78 is 16.5. The fraction of sp³-hybridized carbons (Fsp3) is 0.167. The molecule has 0 N–H and O–H groups in total. The van der Waals surface area contributed by atoms with Crippen LogP contribution in [0.1, 0.15) is 0 Å². The second-order valence-corrected chi connectivity index (χ2v) is 4.12. The Morgan fingerprint density at radius 1 is 1.00 bits per heavy atom. The summed E-state index contributed by atoms with van der Waals surface area (Å²) in [6.45, 7) is 0. The molecule has 0 amide bonds. The van der Waals surface area contributed by atoms with E-state index >= 15 is 0 Å². The van der Waals surface area contributed by atoms with Crippen LogP contribution in [0.4, 0.5) is 0 Å². The molecule has 1 aromatic heterocycles. The van der Waals surface area contributed by atoms with E-state index in [1.807, 2.05) is 18.2 Å². The first-order chi connectivity index (χ1) is 8.72. The first-order valence-electron chi connectivity index (χ1n) is 5.12.